The van der Waals surface area contributed by atoms with Crippen LogP contribution in [0.15, 0.2) is 16.6 Å². The molecule has 2 aliphatic carbocycles. The monoisotopic (exact) mass is 381 g/mol. The van der Waals surface area contributed by atoms with E-state index in [9.17, 15) is 4.79 Å². The Morgan fingerprint density at radius 2 is 2.00 bits per heavy atom. The maximum Gasteiger partial charge on any atom is 0.313 e. The molecule has 5 heteroatoms. The number of hydrogen-bond donors (Lipinski definition) is 1. The highest BCUT2D eigenvalue weighted by Crippen LogP contribution is 2.42. The van der Waals surface area contributed by atoms with Crippen LogP contribution in [0.25, 0.3) is 0 Å². The van der Waals surface area contributed by atoms with E-state index in [1.165, 1.54) is 25.7 Å². The summed E-state index contributed by atoms with van der Waals surface area (Å²) in [6.45, 7) is 2.95. The zero-order valence-electron chi connectivity index (χ0n) is 13.5. The van der Waals surface area contributed by atoms with Gasteiger partial charge in [0.05, 0.1) is 24.8 Å². The van der Waals surface area contributed by atoms with Crippen LogP contribution in [-0.2, 0) is 9.53 Å². The van der Waals surface area contributed by atoms with Gasteiger partial charge in [0, 0.05) is 4.47 Å². The fourth-order valence-corrected chi connectivity index (χ4v) is 3.18. The molecule has 0 radical (unpaired) electrons. The van der Waals surface area contributed by atoms with Crippen molar-refractivity contribution in [3.63, 3.8) is 0 Å². The van der Waals surface area contributed by atoms with Crippen molar-refractivity contribution in [3.05, 3.63) is 22.2 Å². The first-order chi connectivity index (χ1) is 11.1. The molecule has 0 spiro atoms. The van der Waals surface area contributed by atoms with Gasteiger partial charge in [-0.2, -0.15) is 0 Å². The third kappa shape index (κ3) is 4.40. The number of nitrogens with two attached hydrogens (primary N) is 1. The number of nitrogen functional groups attached to an aromatic ring is 1. The van der Waals surface area contributed by atoms with Gasteiger partial charge in [-0.25, -0.2) is 0 Å². The van der Waals surface area contributed by atoms with Crippen molar-refractivity contribution in [2.75, 3.05) is 18.9 Å². The standard InChI is InChI=1S/C18H24BrNO3/c1-2-22-18(21)14(7-11-3-4-11)13-8-15(19)17(20)16(9-13)23-10-12-5-6-12/h8-9,11-12,14H,2-7,10,20H2,1H3. The van der Waals surface area contributed by atoms with E-state index in [0.29, 0.717) is 36.5 Å². The van der Waals surface area contributed by atoms with Crippen LogP contribution in [0.3, 0.4) is 0 Å². The molecule has 0 aliphatic heterocycles. The van der Waals surface area contributed by atoms with Crippen molar-refractivity contribution >= 4 is 27.6 Å². The number of anilines is 1. The number of carbonyl (C=O) groups excluding carboxylic acids is 1. The maximum absolute atomic E-state index is 12.4. The Labute approximate surface area is 145 Å². The highest BCUT2D eigenvalue weighted by atomic mass is 79.9. The number of esters is 1. The van der Waals surface area contributed by atoms with Gasteiger partial charge in [-0.15, -0.1) is 0 Å². The molecular weight excluding hydrogens is 358 g/mol. The van der Waals surface area contributed by atoms with E-state index >= 15 is 0 Å². The summed E-state index contributed by atoms with van der Waals surface area (Å²) < 4.78 is 11.9. The summed E-state index contributed by atoms with van der Waals surface area (Å²) in [7, 11) is 0. The summed E-state index contributed by atoms with van der Waals surface area (Å²) >= 11 is 3.50. The zero-order valence-corrected chi connectivity index (χ0v) is 15.1. The van der Waals surface area contributed by atoms with Crippen LogP contribution in [0, 0.1) is 11.8 Å². The number of hydrogen-bond acceptors (Lipinski definition) is 4. The van der Waals surface area contributed by atoms with Gasteiger partial charge in [0.1, 0.15) is 5.75 Å². The van der Waals surface area contributed by atoms with Crippen molar-refractivity contribution in [2.24, 2.45) is 11.8 Å². The molecule has 1 unspecified atom stereocenters. The third-order valence-electron chi connectivity index (χ3n) is 4.52. The van der Waals surface area contributed by atoms with E-state index in [1.807, 2.05) is 19.1 Å². The van der Waals surface area contributed by atoms with Gasteiger partial charge in [-0.05, 0) is 71.6 Å². The molecule has 1 atom stereocenters. The minimum absolute atomic E-state index is 0.149. The highest BCUT2D eigenvalue weighted by Gasteiger charge is 2.32. The molecule has 0 heterocycles. The van der Waals surface area contributed by atoms with Crippen LogP contribution in [-0.4, -0.2) is 19.2 Å². The minimum Gasteiger partial charge on any atom is -0.491 e. The van der Waals surface area contributed by atoms with Crippen molar-refractivity contribution in [2.45, 2.75) is 44.9 Å². The summed E-state index contributed by atoms with van der Waals surface area (Å²) in [5, 5.41) is 0. The third-order valence-corrected chi connectivity index (χ3v) is 5.18. The predicted octanol–water partition coefficient (Wildman–Crippen LogP) is 4.27. The molecule has 2 N–H and O–H groups in total. The average Bonchev–Trinajstić information content (AvgIpc) is 3.41. The lowest BCUT2D eigenvalue weighted by Gasteiger charge is -2.19. The fourth-order valence-electron chi connectivity index (χ4n) is 2.72. The Kier molecular flexibility index (Phi) is 5.14. The van der Waals surface area contributed by atoms with Gasteiger partial charge in [0.2, 0.25) is 0 Å². The molecule has 0 amide bonds. The lowest BCUT2D eigenvalue weighted by molar-refractivity contribution is -0.145. The molecule has 23 heavy (non-hydrogen) atoms. The Balaban J connectivity index is 1.82. The Hall–Kier alpha value is -1.23. The molecule has 2 fully saturated rings. The molecule has 1 aromatic carbocycles. The second kappa shape index (κ2) is 7.12. The maximum atomic E-state index is 12.4. The van der Waals surface area contributed by atoms with Crippen LogP contribution in [0.2, 0.25) is 0 Å². The summed E-state index contributed by atoms with van der Waals surface area (Å²) in [4.78, 5) is 12.4. The van der Waals surface area contributed by atoms with Crippen molar-refractivity contribution < 1.29 is 14.3 Å². The fraction of sp³-hybridized carbons (Fsp3) is 0.611. The Bertz CT molecular complexity index is 582. The lowest BCUT2D eigenvalue weighted by Crippen LogP contribution is -2.17. The van der Waals surface area contributed by atoms with Crippen LogP contribution in [0.1, 0.15) is 50.5 Å². The molecule has 0 saturated heterocycles. The van der Waals surface area contributed by atoms with Gasteiger partial charge < -0.3 is 15.2 Å². The minimum atomic E-state index is -0.234. The first kappa shape index (κ1) is 16.6. The summed E-state index contributed by atoms with van der Waals surface area (Å²) in [5.74, 6) is 1.58. The van der Waals surface area contributed by atoms with Gasteiger partial charge in [0.15, 0.2) is 0 Å². The smallest absolute Gasteiger partial charge is 0.313 e. The van der Waals surface area contributed by atoms with Crippen LogP contribution >= 0.6 is 15.9 Å². The quantitative estimate of drug-likeness (QED) is 0.539. The molecule has 2 aliphatic rings. The SMILES string of the molecule is CCOC(=O)C(CC1CC1)c1cc(Br)c(N)c(OCC2CC2)c1. The summed E-state index contributed by atoms with van der Waals surface area (Å²) in [6, 6.07) is 3.86. The predicted molar refractivity (Wildman–Crippen MR) is 93.5 cm³/mol. The lowest BCUT2D eigenvalue weighted by atomic mass is 9.93. The molecule has 0 bridgehead atoms. The van der Waals surface area contributed by atoms with E-state index in [4.69, 9.17) is 15.2 Å². The van der Waals surface area contributed by atoms with Gasteiger partial charge in [-0.3, -0.25) is 4.79 Å². The van der Waals surface area contributed by atoms with Crippen molar-refractivity contribution in [1.82, 2.24) is 0 Å². The molecule has 4 nitrogen and oxygen atoms in total. The summed E-state index contributed by atoms with van der Waals surface area (Å²) in [6.07, 6.45) is 5.72. The first-order valence-corrected chi connectivity index (χ1v) is 9.26. The molecular formula is C18H24BrNO3. The first-order valence-electron chi connectivity index (χ1n) is 8.46. The second-order valence-corrected chi connectivity index (χ2v) is 7.51. The van der Waals surface area contributed by atoms with E-state index < -0.39 is 0 Å². The molecule has 2 saturated carbocycles. The average molecular weight is 382 g/mol. The molecule has 3 rings (SSSR count). The van der Waals surface area contributed by atoms with Gasteiger partial charge in [-0.1, -0.05) is 12.8 Å². The van der Waals surface area contributed by atoms with Crippen molar-refractivity contribution in [1.29, 1.82) is 0 Å². The number of ether oxygens (including phenoxy) is 2. The number of rotatable bonds is 8. The zero-order chi connectivity index (χ0) is 16.4. The van der Waals surface area contributed by atoms with Gasteiger partial charge >= 0.3 is 5.97 Å². The van der Waals surface area contributed by atoms with Crippen LogP contribution in [0.4, 0.5) is 5.69 Å². The molecule has 1 aromatic rings. The second-order valence-electron chi connectivity index (χ2n) is 6.65. The van der Waals surface area contributed by atoms with Crippen molar-refractivity contribution in [3.8, 4) is 5.75 Å². The number of carbonyl (C=O) groups is 1. The van der Waals surface area contributed by atoms with Gasteiger partial charge in [0.25, 0.3) is 0 Å². The highest BCUT2D eigenvalue weighted by molar-refractivity contribution is 9.10. The number of halogens is 1. The Morgan fingerprint density at radius 1 is 1.30 bits per heavy atom. The van der Waals surface area contributed by atoms with E-state index in [2.05, 4.69) is 15.9 Å². The normalized spacial score (nSPS) is 18.5. The topological polar surface area (TPSA) is 61.5 Å². The summed E-state index contributed by atoms with van der Waals surface area (Å²) in [5.41, 5.74) is 7.65. The van der Waals surface area contributed by atoms with E-state index in [-0.39, 0.29) is 11.9 Å². The van der Waals surface area contributed by atoms with E-state index in [0.717, 1.165) is 16.5 Å². The molecule has 0 aromatic heterocycles. The Morgan fingerprint density at radius 3 is 2.61 bits per heavy atom. The largest absolute Gasteiger partial charge is 0.491 e. The van der Waals surface area contributed by atoms with Crippen LogP contribution in [0.5, 0.6) is 5.75 Å². The van der Waals surface area contributed by atoms with Crippen LogP contribution < -0.4 is 10.5 Å². The number of benzene rings is 1. The van der Waals surface area contributed by atoms with E-state index in [1.54, 1.807) is 0 Å². The molecule has 126 valence electrons.